The van der Waals surface area contributed by atoms with Crippen molar-refractivity contribution < 1.29 is 14.6 Å². The van der Waals surface area contributed by atoms with Crippen molar-refractivity contribution in [2.45, 2.75) is 57.8 Å². The molecule has 0 saturated carbocycles. The van der Waals surface area contributed by atoms with Gasteiger partial charge in [0.15, 0.2) is 0 Å². The number of aliphatic hydroxyl groups is 1. The maximum Gasteiger partial charge on any atom is 0.410 e. The highest BCUT2D eigenvalue weighted by Crippen LogP contribution is 2.23. The number of ether oxygens (including phenoxy) is 1. The van der Waals surface area contributed by atoms with Crippen LogP contribution in [-0.2, 0) is 4.74 Å². The lowest BCUT2D eigenvalue weighted by Gasteiger charge is -2.29. The molecule has 3 N–H and O–H groups in total. The predicted octanol–water partition coefficient (Wildman–Crippen LogP) is 1.10. The standard InChI is InChI=1S/C12H24N2O3/c1-12(2,3)17-11(16)14-6-4-5-9(14)7-10(15)8-13/h9-10,15H,4-8,13H2,1-3H3. The van der Waals surface area contributed by atoms with Gasteiger partial charge in [0.1, 0.15) is 5.60 Å². The second-order valence-corrected chi connectivity index (χ2v) is 5.60. The number of hydrogen-bond donors (Lipinski definition) is 2. The van der Waals surface area contributed by atoms with E-state index in [1.807, 2.05) is 20.8 Å². The highest BCUT2D eigenvalue weighted by Gasteiger charge is 2.32. The van der Waals surface area contributed by atoms with Gasteiger partial charge in [-0.15, -0.1) is 0 Å². The molecule has 1 saturated heterocycles. The zero-order valence-electron chi connectivity index (χ0n) is 11.0. The van der Waals surface area contributed by atoms with Crippen LogP contribution >= 0.6 is 0 Å². The number of nitrogens with zero attached hydrogens (tertiary/aromatic N) is 1. The molecule has 2 atom stereocenters. The van der Waals surface area contributed by atoms with Crippen molar-refractivity contribution >= 4 is 6.09 Å². The van der Waals surface area contributed by atoms with E-state index in [-0.39, 0.29) is 18.7 Å². The summed E-state index contributed by atoms with van der Waals surface area (Å²) in [6.07, 6.45) is 1.58. The summed E-state index contributed by atoms with van der Waals surface area (Å²) in [7, 11) is 0. The monoisotopic (exact) mass is 244 g/mol. The number of aliphatic hydroxyl groups excluding tert-OH is 1. The average Bonchev–Trinajstić information content (AvgIpc) is 2.63. The van der Waals surface area contributed by atoms with Gasteiger partial charge in [0.2, 0.25) is 0 Å². The molecular formula is C12H24N2O3. The average molecular weight is 244 g/mol. The van der Waals surface area contributed by atoms with Gasteiger partial charge in [-0.25, -0.2) is 4.79 Å². The summed E-state index contributed by atoms with van der Waals surface area (Å²) in [5, 5.41) is 9.55. The Kier molecular flexibility index (Phi) is 4.77. The molecule has 1 aliphatic heterocycles. The van der Waals surface area contributed by atoms with Crippen molar-refractivity contribution in [2.75, 3.05) is 13.1 Å². The Bertz CT molecular complexity index is 263. The quantitative estimate of drug-likeness (QED) is 0.779. The highest BCUT2D eigenvalue weighted by atomic mass is 16.6. The Balaban J connectivity index is 2.54. The summed E-state index contributed by atoms with van der Waals surface area (Å²) in [5.41, 5.74) is 4.91. The lowest BCUT2D eigenvalue weighted by Crippen LogP contribution is -2.41. The third-order valence-corrected chi connectivity index (χ3v) is 2.82. The topological polar surface area (TPSA) is 75.8 Å². The van der Waals surface area contributed by atoms with Gasteiger partial charge < -0.3 is 20.5 Å². The highest BCUT2D eigenvalue weighted by molar-refractivity contribution is 5.68. The lowest BCUT2D eigenvalue weighted by molar-refractivity contribution is 0.0183. The Morgan fingerprint density at radius 3 is 2.76 bits per heavy atom. The molecule has 5 nitrogen and oxygen atoms in total. The summed E-state index contributed by atoms with van der Waals surface area (Å²) >= 11 is 0. The number of carbonyl (C=O) groups excluding carboxylic acids is 1. The largest absolute Gasteiger partial charge is 0.444 e. The number of likely N-dealkylation sites (tertiary alicyclic amines) is 1. The molecule has 0 spiro atoms. The van der Waals surface area contributed by atoms with Gasteiger partial charge >= 0.3 is 6.09 Å². The summed E-state index contributed by atoms with van der Waals surface area (Å²) in [4.78, 5) is 13.6. The van der Waals surface area contributed by atoms with Gasteiger partial charge in [-0.3, -0.25) is 0 Å². The van der Waals surface area contributed by atoms with E-state index in [0.29, 0.717) is 13.0 Å². The van der Waals surface area contributed by atoms with Crippen molar-refractivity contribution in [3.05, 3.63) is 0 Å². The Labute approximate surface area is 103 Å². The van der Waals surface area contributed by atoms with Crippen molar-refractivity contribution in [3.63, 3.8) is 0 Å². The normalized spacial score (nSPS) is 22.6. The van der Waals surface area contributed by atoms with Gasteiger partial charge in [-0.1, -0.05) is 0 Å². The second-order valence-electron chi connectivity index (χ2n) is 5.60. The first-order valence-corrected chi connectivity index (χ1v) is 6.21. The summed E-state index contributed by atoms with van der Waals surface area (Å²) in [6, 6.07) is 0.0587. The van der Waals surface area contributed by atoms with E-state index in [9.17, 15) is 9.90 Å². The molecule has 0 aliphatic carbocycles. The van der Waals surface area contributed by atoms with Gasteiger partial charge in [0.25, 0.3) is 0 Å². The SMILES string of the molecule is CC(C)(C)OC(=O)N1CCCC1CC(O)CN. The Morgan fingerprint density at radius 1 is 1.59 bits per heavy atom. The van der Waals surface area contributed by atoms with E-state index in [0.717, 1.165) is 12.8 Å². The van der Waals surface area contributed by atoms with E-state index >= 15 is 0 Å². The van der Waals surface area contributed by atoms with E-state index in [1.54, 1.807) is 4.90 Å². The maximum absolute atomic E-state index is 11.9. The fraction of sp³-hybridized carbons (Fsp3) is 0.917. The number of hydrogen-bond acceptors (Lipinski definition) is 4. The molecule has 0 radical (unpaired) electrons. The fourth-order valence-electron chi connectivity index (χ4n) is 2.05. The van der Waals surface area contributed by atoms with Crippen LogP contribution in [0, 0.1) is 0 Å². The number of rotatable bonds is 3. The van der Waals surface area contributed by atoms with Crippen LogP contribution in [0.15, 0.2) is 0 Å². The van der Waals surface area contributed by atoms with Crippen LogP contribution in [0.25, 0.3) is 0 Å². The molecule has 0 aromatic heterocycles. The molecule has 1 fully saturated rings. The van der Waals surface area contributed by atoms with E-state index in [2.05, 4.69) is 0 Å². The molecular weight excluding hydrogens is 220 g/mol. The van der Waals surface area contributed by atoms with Crippen molar-refractivity contribution in [1.82, 2.24) is 4.90 Å². The zero-order valence-corrected chi connectivity index (χ0v) is 11.0. The maximum atomic E-state index is 11.9. The first-order valence-electron chi connectivity index (χ1n) is 6.21. The number of amides is 1. The molecule has 0 aromatic rings. The first-order chi connectivity index (χ1) is 7.83. The molecule has 5 heteroatoms. The van der Waals surface area contributed by atoms with Crippen LogP contribution in [-0.4, -0.2) is 46.9 Å². The lowest BCUT2D eigenvalue weighted by atomic mass is 10.1. The van der Waals surface area contributed by atoms with Crippen molar-refractivity contribution in [2.24, 2.45) is 5.73 Å². The van der Waals surface area contributed by atoms with Crippen LogP contribution < -0.4 is 5.73 Å². The number of nitrogens with two attached hydrogens (primary N) is 1. The van der Waals surface area contributed by atoms with Crippen LogP contribution in [0.4, 0.5) is 4.79 Å². The van der Waals surface area contributed by atoms with Crippen molar-refractivity contribution in [1.29, 1.82) is 0 Å². The minimum atomic E-state index is -0.539. The van der Waals surface area contributed by atoms with Crippen LogP contribution in [0.1, 0.15) is 40.0 Å². The fourth-order valence-corrected chi connectivity index (χ4v) is 2.05. The van der Waals surface area contributed by atoms with Gasteiger partial charge in [0.05, 0.1) is 6.10 Å². The van der Waals surface area contributed by atoms with Crippen molar-refractivity contribution in [3.8, 4) is 0 Å². The zero-order chi connectivity index (χ0) is 13.1. The molecule has 17 heavy (non-hydrogen) atoms. The van der Waals surface area contributed by atoms with Gasteiger partial charge in [-0.05, 0) is 40.0 Å². The van der Waals surface area contributed by atoms with Crippen LogP contribution in [0.5, 0.6) is 0 Å². The third-order valence-electron chi connectivity index (χ3n) is 2.82. The molecule has 0 aromatic carbocycles. The van der Waals surface area contributed by atoms with E-state index < -0.39 is 11.7 Å². The molecule has 1 heterocycles. The van der Waals surface area contributed by atoms with E-state index in [1.165, 1.54) is 0 Å². The molecule has 1 amide bonds. The third kappa shape index (κ3) is 4.52. The van der Waals surface area contributed by atoms with Crippen LogP contribution in [0.2, 0.25) is 0 Å². The molecule has 0 bridgehead atoms. The van der Waals surface area contributed by atoms with E-state index in [4.69, 9.17) is 10.5 Å². The van der Waals surface area contributed by atoms with Gasteiger partial charge in [0, 0.05) is 19.1 Å². The minimum Gasteiger partial charge on any atom is -0.444 e. The predicted molar refractivity (Wildman–Crippen MR) is 65.6 cm³/mol. The Morgan fingerprint density at radius 2 is 2.24 bits per heavy atom. The smallest absolute Gasteiger partial charge is 0.410 e. The Hall–Kier alpha value is -0.810. The van der Waals surface area contributed by atoms with Crippen LogP contribution in [0.3, 0.4) is 0 Å². The number of carbonyl (C=O) groups is 1. The molecule has 2 unspecified atom stereocenters. The molecule has 1 rings (SSSR count). The first kappa shape index (κ1) is 14.3. The summed E-state index contributed by atoms with van der Waals surface area (Å²) in [5.74, 6) is 0. The summed E-state index contributed by atoms with van der Waals surface area (Å²) in [6.45, 7) is 6.50. The summed E-state index contributed by atoms with van der Waals surface area (Å²) < 4.78 is 5.34. The second kappa shape index (κ2) is 5.69. The molecule has 100 valence electrons. The van der Waals surface area contributed by atoms with Gasteiger partial charge in [-0.2, -0.15) is 0 Å². The minimum absolute atomic E-state index is 0.0587. The molecule has 1 aliphatic rings.